The number of anilines is 2. The molecule has 10 aliphatic carbocycles. The first-order valence-corrected chi connectivity index (χ1v) is 24.2. The number of imidazole rings is 2. The van der Waals surface area contributed by atoms with E-state index in [1.165, 1.54) is 6.42 Å². The lowest BCUT2D eigenvalue weighted by Crippen LogP contribution is -2.48. The molecular weight excluding hydrogens is 809 g/mol. The van der Waals surface area contributed by atoms with Gasteiger partial charge in [0.15, 0.2) is 11.3 Å². The number of nitrogens with zero attached hydrogens (tertiary/aromatic N) is 8. The number of aliphatic hydroxyl groups excluding tert-OH is 1. The van der Waals surface area contributed by atoms with Gasteiger partial charge < -0.3 is 25.2 Å². The van der Waals surface area contributed by atoms with Gasteiger partial charge in [0.25, 0.3) is 0 Å². The summed E-state index contributed by atoms with van der Waals surface area (Å²) in [6.07, 6.45) is 23.9. The highest BCUT2D eigenvalue weighted by Gasteiger charge is 2.68. The van der Waals surface area contributed by atoms with E-state index in [1.54, 1.807) is 10.8 Å². The van der Waals surface area contributed by atoms with E-state index in [9.17, 15) is 9.90 Å². The fourth-order valence-corrected chi connectivity index (χ4v) is 16.3. The van der Waals surface area contributed by atoms with Crippen molar-refractivity contribution in [2.75, 3.05) is 23.8 Å². The second-order valence-corrected chi connectivity index (χ2v) is 22.0. The maximum absolute atomic E-state index is 15.3. The van der Waals surface area contributed by atoms with Crippen molar-refractivity contribution in [1.29, 1.82) is 0 Å². The summed E-state index contributed by atoms with van der Waals surface area (Å²) >= 11 is 0. The third kappa shape index (κ3) is 5.14. The van der Waals surface area contributed by atoms with Crippen molar-refractivity contribution in [3.63, 3.8) is 0 Å². The van der Waals surface area contributed by atoms with Gasteiger partial charge >= 0.3 is 11.4 Å². The Kier molecular flexibility index (Phi) is 7.89. The number of ether oxygens (including phenoxy) is 2. The highest BCUT2D eigenvalue weighted by atomic mass is 16.5. The molecule has 16 rings (SSSR count). The number of fused-ring (bicyclic) bond motifs is 4. The second-order valence-electron chi connectivity index (χ2n) is 22.0. The lowest BCUT2D eigenvalue weighted by atomic mass is 9.71. The number of aromatic nitrogens is 8. The zero-order valence-electron chi connectivity index (χ0n) is 37.0. The lowest BCUT2D eigenvalue weighted by Gasteiger charge is -2.42. The Morgan fingerprint density at radius 1 is 0.734 bits per heavy atom. The molecular formula is C49H58N10O5. The molecule has 0 spiro atoms. The number of aliphatic hydroxyl groups is 1. The van der Waals surface area contributed by atoms with E-state index in [1.807, 2.05) is 22.4 Å². The fraction of sp³-hybridized carbons (Fsp3) is 0.633. The SMILES string of the molecule is CC1=CC2OCCC2C=C1Nc1ncc2c(n1)n(C13CC4CC(C1)C(C3)C4O)c(=O)n2CCC12CC3CC(C1)CC2(n1c(=O)n(C)c2cnc(NC4=CC5CCOC5C=C4C)nc21)C3. The molecule has 4 aromatic rings. The Labute approximate surface area is 370 Å². The molecule has 0 amide bonds. The fourth-order valence-electron chi connectivity index (χ4n) is 16.3. The van der Waals surface area contributed by atoms with Gasteiger partial charge in [-0.2, -0.15) is 9.97 Å². The highest BCUT2D eigenvalue weighted by molar-refractivity contribution is 5.74. The highest BCUT2D eigenvalue weighted by Crippen LogP contribution is 2.72. The van der Waals surface area contributed by atoms with Crippen molar-refractivity contribution < 1.29 is 14.6 Å². The molecule has 64 heavy (non-hydrogen) atoms. The first kappa shape index (κ1) is 38.4. The molecule has 334 valence electrons. The van der Waals surface area contributed by atoms with Crippen LogP contribution in [0.15, 0.2) is 68.8 Å². The zero-order chi connectivity index (χ0) is 43.0. The molecule has 8 saturated carbocycles. The molecule has 0 aromatic carbocycles. The van der Waals surface area contributed by atoms with Gasteiger partial charge in [0, 0.05) is 50.0 Å². The third-order valence-electron chi connectivity index (χ3n) is 18.8. The average molecular weight is 867 g/mol. The van der Waals surface area contributed by atoms with Gasteiger partial charge in [0.2, 0.25) is 11.9 Å². The molecule has 4 aromatic heterocycles. The van der Waals surface area contributed by atoms with Crippen molar-refractivity contribution in [2.24, 2.45) is 53.9 Å². The minimum absolute atomic E-state index is 0.0254. The van der Waals surface area contributed by atoms with Gasteiger partial charge in [-0.3, -0.25) is 18.3 Å². The molecule has 11 atom stereocenters. The predicted octanol–water partition coefficient (Wildman–Crippen LogP) is 5.86. The lowest BCUT2D eigenvalue weighted by molar-refractivity contribution is 0.0221. The van der Waals surface area contributed by atoms with Crippen molar-refractivity contribution in [1.82, 2.24) is 38.2 Å². The Hall–Kier alpha value is -4.86. The van der Waals surface area contributed by atoms with Crippen molar-refractivity contribution in [2.45, 2.75) is 127 Å². The molecule has 11 unspecified atom stereocenters. The Bertz CT molecular complexity index is 2930. The van der Waals surface area contributed by atoms with E-state index in [0.717, 1.165) is 117 Å². The minimum Gasteiger partial charge on any atom is -0.393 e. The van der Waals surface area contributed by atoms with Gasteiger partial charge in [0.1, 0.15) is 11.0 Å². The number of hydrogen-bond donors (Lipinski definition) is 3. The monoisotopic (exact) mass is 866 g/mol. The molecule has 15 heteroatoms. The summed E-state index contributed by atoms with van der Waals surface area (Å²) in [5, 5.41) is 18.3. The summed E-state index contributed by atoms with van der Waals surface area (Å²) in [5.74, 6) is 3.50. The van der Waals surface area contributed by atoms with Gasteiger partial charge in [-0.05, 0) is 137 Å². The normalized spacial score (nSPS) is 39.8. The van der Waals surface area contributed by atoms with Crippen LogP contribution in [0, 0.1) is 46.8 Å². The summed E-state index contributed by atoms with van der Waals surface area (Å²) in [7, 11) is 1.85. The predicted molar refractivity (Wildman–Crippen MR) is 239 cm³/mol. The summed E-state index contributed by atoms with van der Waals surface area (Å²) < 4.78 is 19.7. The van der Waals surface area contributed by atoms with Gasteiger partial charge in [-0.25, -0.2) is 19.6 Å². The maximum Gasteiger partial charge on any atom is 0.330 e. The quantitative estimate of drug-likeness (QED) is 0.184. The molecule has 6 heterocycles. The Morgan fingerprint density at radius 2 is 1.34 bits per heavy atom. The van der Waals surface area contributed by atoms with Crippen LogP contribution in [0.1, 0.15) is 90.9 Å². The van der Waals surface area contributed by atoms with Crippen molar-refractivity contribution in [3.8, 4) is 0 Å². The number of nitrogens with one attached hydrogen (secondary N) is 2. The van der Waals surface area contributed by atoms with Crippen LogP contribution in [0.5, 0.6) is 0 Å². The van der Waals surface area contributed by atoms with E-state index < -0.39 is 5.54 Å². The first-order valence-electron chi connectivity index (χ1n) is 24.2. The molecule has 10 fully saturated rings. The second kappa shape index (κ2) is 13.2. The average Bonchev–Trinajstić information content (AvgIpc) is 4.15. The van der Waals surface area contributed by atoms with Crippen LogP contribution >= 0.6 is 0 Å². The van der Waals surface area contributed by atoms with Gasteiger partial charge in [-0.15, -0.1) is 0 Å². The minimum atomic E-state index is -0.423. The van der Waals surface area contributed by atoms with Crippen LogP contribution in [0.2, 0.25) is 0 Å². The summed E-state index contributed by atoms with van der Waals surface area (Å²) in [4.78, 5) is 50.1. The van der Waals surface area contributed by atoms with Crippen LogP contribution < -0.4 is 22.0 Å². The molecule has 8 bridgehead atoms. The van der Waals surface area contributed by atoms with Crippen molar-refractivity contribution >= 4 is 34.2 Å². The molecule has 2 aliphatic heterocycles. The largest absolute Gasteiger partial charge is 0.393 e. The van der Waals surface area contributed by atoms with Gasteiger partial charge in [-0.1, -0.05) is 24.3 Å². The van der Waals surface area contributed by atoms with Crippen LogP contribution in [0.4, 0.5) is 11.9 Å². The Morgan fingerprint density at radius 3 is 1.97 bits per heavy atom. The number of rotatable bonds is 9. The topological polar surface area (TPSA) is 168 Å². The van der Waals surface area contributed by atoms with E-state index in [4.69, 9.17) is 29.4 Å². The van der Waals surface area contributed by atoms with Crippen LogP contribution in [0.3, 0.4) is 0 Å². The van der Waals surface area contributed by atoms with Gasteiger partial charge in [0.05, 0.1) is 41.8 Å². The summed E-state index contributed by atoms with van der Waals surface area (Å²) in [6, 6.07) is 0. The summed E-state index contributed by atoms with van der Waals surface area (Å²) in [5.41, 5.74) is 5.98. The van der Waals surface area contributed by atoms with Crippen LogP contribution in [0.25, 0.3) is 22.3 Å². The molecule has 3 N–H and O–H groups in total. The standard InChI is InChI=1S/C49H58N10O5/c1-25-10-38-29(4-8-63-38)14-34(25)52-43-50-23-36-41(54-43)59(45(61)56(36)3)49-18-27-12-28(19-49)17-47(49,16-27)6-7-57-37-24-51-44(53-35-15-30-5-9-64-39(30)11-26(35)2)55-42(37)58(46(57)62)48-20-31-13-32(21-48)40(60)33(31)22-48/h10-11,14-15,23-24,27-33,38-40,60H,4-9,12-13,16-22H2,1-3H3,(H,50,52,54)(H,51,53,55). The van der Waals surface area contributed by atoms with E-state index in [-0.39, 0.29) is 52.5 Å². The molecule has 0 radical (unpaired) electrons. The number of aryl methyl sites for hydroxylation is 2. The van der Waals surface area contributed by atoms with E-state index in [0.29, 0.717) is 59.3 Å². The number of hydrogen-bond acceptors (Lipinski definition) is 11. The third-order valence-corrected chi connectivity index (χ3v) is 18.8. The van der Waals surface area contributed by atoms with E-state index in [2.05, 4.69) is 53.4 Å². The van der Waals surface area contributed by atoms with E-state index >= 15 is 4.79 Å². The Balaban J connectivity index is 0.840. The number of allylic oxidation sites excluding steroid dienone is 2. The smallest absolute Gasteiger partial charge is 0.330 e. The molecule has 12 aliphatic rings. The van der Waals surface area contributed by atoms with Crippen LogP contribution in [-0.4, -0.2) is 74.8 Å². The zero-order valence-corrected chi connectivity index (χ0v) is 37.0. The first-order chi connectivity index (χ1) is 31.0. The van der Waals surface area contributed by atoms with Crippen molar-refractivity contribution in [3.05, 3.63) is 80.2 Å². The maximum atomic E-state index is 15.3. The van der Waals surface area contributed by atoms with Crippen LogP contribution in [-0.2, 0) is 34.1 Å². The summed E-state index contributed by atoms with van der Waals surface area (Å²) in [6.45, 7) is 6.22. The molecule has 15 nitrogen and oxygen atoms in total. The molecule has 2 saturated heterocycles.